The van der Waals surface area contributed by atoms with Gasteiger partial charge < -0.3 is 18.8 Å². The number of fused-ring (bicyclic) bond motifs is 4. The number of aliphatic hydroxyl groups is 1. The van der Waals surface area contributed by atoms with Gasteiger partial charge in [0.1, 0.15) is 11.6 Å². The summed E-state index contributed by atoms with van der Waals surface area (Å²) in [5.41, 5.74) is 3.75. The second-order valence-electron chi connectivity index (χ2n) is 7.39. The van der Waals surface area contributed by atoms with Crippen LogP contribution in [-0.2, 0) is 29.9 Å². The standard InChI is InChI=1S/C23H21N3O3S/c27-16(14-26-22-12-6-3-9-19(22)24-23(26)15-30(28)29)13-25-20-10-4-1-7-17(20)18-8-2-5-11-21(18)25/h1-12,16,27H,13-15H2,(H,28,29). The Morgan fingerprint density at radius 3 is 1.97 bits per heavy atom. The summed E-state index contributed by atoms with van der Waals surface area (Å²) in [5, 5.41) is 13.3. The highest BCUT2D eigenvalue weighted by Crippen LogP contribution is 2.29. The molecule has 5 rings (SSSR count). The van der Waals surface area contributed by atoms with Crippen molar-refractivity contribution in [3.05, 3.63) is 78.6 Å². The van der Waals surface area contributed by atoms with E-state index >= 15 is 0 Å². The first-order valence-electron chi connectivity index (χ1n) is 9.77. The van der Waals surface area contributed by atoms with Crippen molar-refractivity contribution in [1.82, 2.24) is 14.1 Å². The van der Waals surface area contributed by atoms with Gasteiger partial charge in [0.2, 0.25) is 0 Å². The van der Waals surface area contributed by atoms with Gasteiger partial charge in [0, 0.05) is 21.8 Å². The highest BCUT2D eigenvalue weighted by Gasteiger charge is 2.18. The summed E-state index contributed by atoms with van der Waals surface area (Å²) in [6.07, 6.45) is -0.701. The lowest BCUT2D eigenvalue weighted by molar-refractivity contribution is 0.137. The number of para-hydroxylation sites is 4. The van der Waals surface area contributed by atoms with Crippen molar-refractivity contribution in [2.24, 2.45) is 0 Å². The summed E-state index contributed by atoms with van der Waals surface area (Å²) in [4.78, 5) is 4.49. The fraction of sp³-hybridized carbons (Fsp3) is 0.174. The summed E-state index contributed by atoms with van der Waals surface area (Å²) in [6, 6.07) is 23.9. The quantitative estimate of drug-likeness (QED) is 0.409. The smallest absolute Gasteiger partial charge is 0.160 e. The van der Waals surface area contributed by atoms with Crippen molar-refractivity contribution in [2.45, 2.75) is 24.9 Å². The molecule has 0 saturated carbocycles. The van der Waals surface area contributed by atoms with Crippen LogP contribution in [0.1, 0.15) is 5.82 Å². The number of nitrogens with zero attached hydrogens (tertiary/aromatic N) is 3. The Kier molecular flexibility index (Phi) is 4.86. The van der Waals surface area contributed by atoms with E-state index in [-0.39, 0.29) is 12.3 Å². The van der Waals surface area contributed by atoms with E-state index in [0.29, 0.717) is 12.4 Å². The Morgan fingerprint density at radius 1 is 0.800 bits per heavy atom. The van der Waals surface area contributed by atoms with Crippen LogP contribution < -0.4 is 0 Å². The van der Waals surface area contributed by atoms with Gasteiger partial charge in [0.25, 0.3) is 0 Å². The molecule has 30 heavy (non-hydrogen) atoms. The van der Waals surface area contributed by atoms with Crippen molar-refractivity contribution in [3.8, 4) is 0 Å². The first-order chi connectivity index (χ1) is 14.6. The summed E-state index contributed by atoms with van der Waals surface area (Å²) in [7, 11) is 0. The van der Waals surface area contributed by atoms with E-state index in [1.165, 1.54) is 0 Å². The molecule has 0 fully saturated rings. The van der Waals surface area contributed by atoms with E-state index in [1.807, 2.05) is 53.1 Å². The van der Waals surface area contributed by atoms with Gasteiger partial charge in [0.15, 0.2) is 11.1 Å². The highest BCUT2D eigenvalue weighted by molar-refractivity contribution is 7.78. The molecule has 0 bridgehead atoms. The Bertz CT molecular complexity index is 1340. The molecule has 2 N–H and O–H groups in total. The maximum atomic E-state index is 11.4. The second kappa shape index (κ2) is 7.68. The van der Waals surface area contributed by atoms with Crippen molar-refractivity contribution in [2.75, 3.05) is 0 Å². The normalized spacial score (nSPS) is 13.9. The molecule has 0 saturated heterocycles. The predicted octanol–water partition coefficient (Wildman–Crippen LogP) is 3.93. The third kappa shape index (κ3) is 3.31. The van der Waals surface area contributed by atoms with Crippen LogP contribution in [0.5, 0.6) is 0 Å². The van der Waals surface area contributed by atoms with Crippen molar-refractivity contribution < 1.29 is 13.9 Å². The van der Waals surface area contributed by atoms with Gasteiger partial charge in [-0.1, -0.05) is 48.5 Å². The van der Waals surface area contributed by atoms with E-state index < -0.39 is 17.2 Å². The van der Waals surface area contributed by atoms with Gasteiger partial charge in [-0.3, -0.25) is 0 Å². The Balaban J connectivity index is 1.53. The van der Waals surface area contributed by atoms with Crippen LogP contribution in [0, 0.1) is 0 Å². The van der Waals surface area contributed by atoms with Crippen LogP contribution in [0.3, 0.4) is 0 Å². The largest absolute Gasteiger partial charge is 0.389 e. The van der Waals surface area contributed by atoms with Crippen molar-refractivity contribution in [1.29, 1.82) is 0 Å². The van der Waals surface area contributed by atoms with Gasteiger partial charge in [0.05, 0.1) is 30.2 Å². The minimum Gasteiger partial charge on any atom is -0.389 e. The monoisotopic (exact) mass is 419 g/mol. The maximum Gasteiger partial charge on any atom is 0.160 e. The predicted molar refractivity (Wildman–Crippen MR) is 120 cm³/mol. The zero-order valence-corrected chi connectivity index (χ0v) is 17.0. The molecule has 5 aromatic rings. The molecule has 0 aliphatic carbocycles. The minimum atomic E-state index is -2.01. The molecule has 152 valence electrons. The van der Waals surface area contributed by atoms with Crippen LogP contribution >= 0.6 is 0 Å². The van der Waals surface area contributed by atoms with Gasteiger partial charge in [-0.2, -0.15) is 0 Å². The number of rotatable bonds is 6. The molecular formula is C23H21N3O3S. The maximum absolute atomic E-state index is 11.4. The van der Waals surface area contributed by atoms with Crippen LogP contribution in [-0.4, -0.2) is 34.1 Å². The van der Waals surface area contributed by atoms with Gasteiger partial charge in [-0.05, 0) is 24.3 Å². The van der Waals surface area contributed by atoms with Crippen LogP contribution in [0.4, 0.5) is 0 Å². The van der Waals surface area contributed by atoms with Crippen molar-refractivity contribution >= 4 is 43.9 Å². The third-order valence-corrected chi connectivity index (χ3v) is 5.96. The first-order valence-corrected chi connectivity index (χ1v) is 11.0. The van der Waals surface area contributed by atoms with E-state index in [0.717, 1.165) is 32.8 Å². The Hall–Kier alpha value is -3.00. The SMILES string of the molecule is O=S(O)Cc1nc2ccccc2n1CC(O)Cn1c2ccccc2c2ccccc21. The summed E-state index contributed by atoms with van der Waals surface area (Å²) in [6.45, 7) is 0.691. The second-order valence-corrected chi connectivity index (χ2v) is 8.32. The highest BCUT2D eigenvalue weighted by atomic mass is 32.2. The molecule has 0 spiro atoms. The Labute approximate surface area is 175 Å². The van der Waals surface area contributed by atoms with Gasteiger partial charge >= 0.3 is 0 Å². The van der Waals surface area contributed by atoms with Gasteiger partial charge in [-0.25, -0.2) is 9.19 Å². The van der Waals surface area contributed by atoms with Crippen LogP contribution in [0.15, 0.2) is 72.8 Å². The zero-order valence-electron chi connectivity index (χ0n) is 16.2. The zero-order chi connectivity index (χ0) is 20.7. The van der Waals surface area contributed by atoms with Crippen LogP contribution in [0.25, 0.3) is 32.8 Å². The molecule has 0 aliphatic rings. The average Bonchev–Trinajstić information content (AvgIpc) is 3.24. The molecule has 2 aromatic heterocycles. The molecule has 0 aliphatic heterocycles. The molecule has 2 unspecified atom stereocenters. The molecule has 2 atom stereocenters. The fourth-order valence-electron chi connectivity index (χ4n) is 4.23. The molecule has 3 aromatic carbocycles. The van der Waals surface area contributed by atoms with E-state index in [9.17, 15) is 13.9 Å². The molecule has 6 nitrogen and oxygen atoms in total. The number of aromatic nitrogens is 3. The Morgan fingerprint density at radius 2 is 1.33 bits per heavy atom. The average molecular weight is 420 g/mol. The van der Waals surface area contributed by atoms with E-state index in [1.54, 1.807) is 0 Å². The fourth-order valence-corrected chi connectivity index (χ4v) is 4.67. The topological polar surface area (TPSA) is 80.3 Å². The molecule has 7 heteroatoms. The molecule has 2 heterocycles. The lowest BCUT2D eigenvalue weighted by atomic mass is 10.2. The van der Waals surface area contributed by atoms with E-state index in [4.69, 9.17) is 0 Å². The number of hydrogen-bond acceptors (Lipinski definition) is 3. The van der Waals surface area contributed by atoms with Crippen molar-refractivity contribution in [3.63, 3.8) is 0 Å². The first kappa shape index (κ1) is 19.0. The van der Waals surface area contributed by atoms with Crippen LogP contribution in [0.2, 0.25) is 0 Å². The summed E-state index contributed by atoms with van der Waals surface area (Å²) in [5.74, 6) is 0.426. The summed E-state index contributed by atoms with van der Waals surface area (Å²) >= 11 is -2.01. The molecular weight excluding hydrogens is 398 g/mol. The third-order valence-electron chi connectivity index (χ3n) is 5.45. The number of aliphatic hydroxyl groups excluding tert-OH is 1. The molecule has 0 amide bonds. The summed E-state index contributed by atoms with van der Waals surface area (Å²) < 4.78 is 24.8. The number of benzene rings is 3. The number of hydrogen-bond donors (Lipinski definition) is 2. The number of imidazole rings is 1. The lowest BCUT2D eigenvalue weighted by Gasteiger charge is -2.17. The van der Waals surface area contributed by atoms with E-state index in [2.05, 4.69) is 33.8 Å². The minimum absolute atomic E-state index is 0.0726. The van der Waals surface area contributed by atoms with Gasteiger partial charge in [-0.15, -0.1) is 0 Å². The molecule has 0 radical (unpaired) electrons. The lowest BCUT2D eigenvalue weighted by Crippen LogP contribution is -2.23.